The first-order chi connectivity index (χ1) is 14.1. The molecule has 5 nitrogen and oxygen atoms in total. The molecule has 29 heavy (non-hydrogen) atoms. The molecule has 1 aliphatic heterocycles. The maximum absolute atomic E-state index is 13.2. The number of carbonyl (C=O) groups is 1. The van der Waals surface area contributed by atoms with Crippen LogP contribution in [0.1, 0.15) is 34.5 Å². The molecule has 3 aromatic rings. The summed E-state index contributed by atoms with van der Waals surface area (Å²) in [7, 11) is 0. The number of aryl methyl sites for hydroxylation is 1. The Bertz CT molecular complexity index is 994. The molecule has 1 N–H and O–H groups in total. The van der Waals surface area contributed by atoms with E-state index in [1.54, 1.807) is 13.0 Å². The van der Waals surface area contributed by atoms with Crippen LogP contribution >= 0.6 is 11.6 Å². The second-order valence-electron chi connectivity index (χ2n) is 7.38. The Hall–Kier alpha value is -2.63. The molecule has 1 saturated heterocycles. The highest BCUT2D eigenvalue weighted by atomic mass is 35.5. The van der Waals surface area contributed by atoms with Crippen molar-refractivity contribution in [2.24, 2.45) is 0 Å². The Labute approximate surface area is 175 Å². The first kappa shape index (κ1) is 19.7. The highest BCUT2D eigenvalue weighted by molar-refractivity contribution is 6.33. The number of amides is 1. The fourth-order valence-corrected chi connectivity index (χ4v) is 4.16. The van der Waals surface area contributed by atoms with Gasteiger partial charge in [-0.05, 0) is 31.4 Å². The Morgan fingerprint density at radius 2 is 1.79 bits per heavy atom. The molecule has 0 unspecified atom stereocenters. The van der Waals surface area contributed by atoms with E-state index >= 15 is 0 Å². The minimum atomic E-state index is -0.208. The van der Waals surface area contributed by atoms with Crippen LogP contribution in [-0.4, -0.2) is 30.8 Å². The molecular weight excluding hydrogens is 388 g/mol. The van der Waals surface area contributed by atoms with E-state index < -0.39 is 0 Å². The molecule has 0 saturated carbocycles. The highest BCUT2D eigenvalue weighted by Crippen LogP contribution is 2.35. The van der Waals surface area contributed by atoms with Crippen molar-refractivity contribution in [1.82, 2.24) is 10.5 Å². The Morgan fingerprint density at radius 3 is 2.52 bits per heavy atom. The predicted octanol–water partition coefficient (Wildman–Crippen LogP) is 4.78. The van der Waals surface area contributed by atoms with Crippen LogP contribution in [-0.2, 0) is 10.2 Å². The lowest BCUT2D eigenvalue weighted by Gasteiger charge is -2.38. The van der Waals surface area contributed by atoms with Crippen molar-refractivity contribution in [2.75, 3.05) is 19.8 Å². The van der Waals surface area contributed by atoms with Crippen LogP contribution in [0, 0.1) is 6.92 Å². The van der Waals surface area contributed by atoms with Gasteiger partial charge < -0.3 is 14.6 Å². The average Bonchev–Trinajstić information content (AvgIpc) is 3.15. The van der Waals surface area contributed by atoms with Crippen molar-refractivity contribution < 1.29 is 14.1 Å². The van der Waals surface area contributed by atoms with Crippen LogP contribution < -0.4 is 5.32 Å². The molecule has 1 fully saturated rings. The quantitative estimate of drug-likeness (QED) is 0.657. The maximum Gasteiger partial charge on any atom is 0.257 e. The summed E-state index contributed by atoms with van der Waals surface area (Å²) in [5, 5.41) is 7.75. The van der Waals surface area contributed by atoms with Crippen LogP contribution in [0.25, 0.3) is 11.3 Å². The maximum atomic E-state index is 13.2. The van der Waals surface area contributed by atoms with Gasteiger partial charge in [0.25, 0.3) is 5.91 Å². The molecule has 4 rings (SSSR count). The third-order valence-corrected chi connectivity index (χ3v) is 5.97. The minimum Gasteiger partial charge on any atom is -0.381 e. The molecule has 0 atom stereocenters. The van der Waals surface area contributed by atoms with Crippen molar-refractivity contribution in [2.45, 2.75) is 25.2 Å². The summed E-state index contributed by atoms with van der Waals surface area (Å²) < 4.78 is 10.9. The molecule has 1 amide bonds. The van der Waals surface area contributed by atoms with Crippen LogP contribution in [0.15, 0.2) is 59.1 Å². The summed E-state index contributed by atoms with van der Waals surface area (Å²) in [4.78, 5) is 13.2. The molecule has 1 aromatic heterocycles. The lowest BCUT2D eigenvalue weighted by atomic mass is 9.74. The van der Waals surface area contributed by atoms with Crippen molar-refractivity contribution in [3.8, 4) is 11.3 Å². The van der Waals surface area contributed by atoms with Gasteiger partial charge in [-0.25, -0.2) is 0 Å². The zero-order valence-electron chi connectivity index (χ0n) is 16.3. The number of rotatable bonds is 5. The van der Waals surface area contributed by atoms with Gasteiger partial charge in [0.15, 0.2) is 0 Å². The van der Waals surface area contributed by atoms with E-state index in [0.29, 0.717) is 47.4 Å². The topological polar surface area (TPSA) is 64.4 Å². The third kappa shape index (κ3) is 3.93. The van der Waals surface area contributed by atoms with Crippen LogP contribution in [0.5, 0.6) is 0 Å². The first-order valence-electron chi connectivity index (χ1n) is 9.73. The van der Waals surface area contributed by atoms with Gasteiger partial charge in [0.1, 0.15) is 17.0 Å². The number of nitrogens with zero attached hydrogens (tertiary/aromatic N) is 1. The monoisotopic (exact) mass is 410 g/mol. The molecule has 0 radical (unpaired) electrons. The number of nitrogens with one attached hydrogen (secondary N) is 1. The third-order valence-electron chi connectivity index (χ3n) is 5.64. The van der Waals surface area contributed by atoms with Gasteiger partial charge in [0.2, 0.25) is 0 Å². The van der Waals surface area contributed by atoms with Gasteiger partial charge in [-0.1, -0.05) is 65.3 Å². The van der Waals surface area contributed by atoms with Gasteiger partial charge in [-0.3, -0.25) is 4.79 Å². The van der Waals surface area contributed by atoms with Crippen molar-refractivity contribution in [3.05, 3.63) is 76.5 Å². The summed E-state index contributed by atoms with van der Waals surface area (Å²) in [5.74, 6) is 0.263. The molecule has 6 heteroatoms. The lowest BCUT2D eigenvalue weighted by Crippen LogP contribution is -2.44. The summed E-state index contributed by atoms with van der Waals surface area (Å²) in [5.41, 5.74) is 2.64. The normalized spacial score (nSPS) is 15.8. The number of ether oxygens (including phenoxy) is 1. The minimum absolute atomic E-state index is 0.148. The van der Waals surface area contributed by atoms with Crippen molar-refractivity contribution >= 4 is 17.5 Å². The van der Waals surface area contributed by atoms with Gasteiger partial charge >= 0.3 is 0 Å². The number of hydrogen-bond donors (Lipinski definition) is 1. The molecule has 0 spiro atoms. The number of aromatic nitrogens is 1. The molecule has 1 aliphatic rings. The second-order valence-corrected chi connectivity index (χ2v) is 7.79. The molecule has 0 bridgehead atoms. The van der Waals surface area contributed by atoms with E-state index in [2.05, 4.69) is 22.6 Å². The summed E-state index contributed by atoms with van der Waals surface area (Å²) >= 11 is 6.32. The highest BCUT2D eigenvalue weighted by Gasteiger charge is 2.35. The average molecular weight is 411 g/mol. The number of carbonyl (C=O) groups excluding carboxylic acids is 1. The molecule has 150 valence electrons. The Balaban J connectivity index is 1.60. The van der Waals surface area contributed by atoms with Crippen molar-refractivity contribution in [1.29, 1.82) is 0 Å². The summed E-state index contributed by atoms with van der Waals surface area (Å²) in [6, 6.07) is 17.6. The zero-order valence-corrected chi connectivity index (χ0v) is 17.0. The first-order valence-corrected chi connectivity index (χ1v) is 10.1. The van der Waals surface area contributed by atoms with Gasteiger partial charge in [-0.2, -0.15) is 0 Å². The number of hydrogen-bond acceptors (Lipinski definition) is 4. The van der Waals surface area contributed by atoms with E-state index in [4.69, 9.17) is 20.9 Å². The van der Waals surface area contributed by atoms with Crippen LogP contribution in [0.4, 0.5) is 0 Å². The molecule has 2 aromatic carbocycles. The molecular formula is C23H23ClN2O3. The number of halogens is 1. The Kier molecular flexibility index (Phi) is 5.69. The second kappa shape index (κ2) is 8.39. The fourth-order valence-electron chi connectivity index (χ4n) is 3.94. The fraction of sp³-hybridized carbons (Fsp3) is 0.304. The standard InChI is InChI=1S/C23H23ClN2O3/c1-16-20(21(26-29-16)18-9-5-6-10-19(18)24)22(27)25-15-23(11-13-28-14-12-23)17-7-3-2-4-8-17/h2-10H,11-15H2,1H3,(H,25,27). The SMILES string of the molecule is Cc1onc(-c2ccccc2Cl)c1C(=O)NCC1(c2ccccc2)CCOCC1. The van der Waals surface area contributed by atoms with E-state index in [-0.39, 0.29) is 11.3 Å². The summed E-state index contributed by atoms with van der Waals surface area (Å²) in [6.45, 7) is 3.62. The molecule has 0 aliphatic carbocycles. The van der Waals surface area contributed by atoms with E-state index in [1.807, 2.05) is 36.4 Å². The van der Waals surface area contributed by atoms with Crippen LogP contribution in [0.3, 0.4) is 0 Å². The van der Waals surface area contributed by atoms with E-state index in [1.165, 1.54) is 5.56 Å². The van der Waals surface area contributed by atoms with E-state index in [0.717, 1.165) is 12.8 Å². The molecule has 2 heterocycles. The van der Waals surface area contributed by atoms with Crippen molar-refractivity contribution in [3.63, 3.8) is 0 Å². The largest absolute Gasteiger partial charge is 0.381 e. The Morgan fingerprint density at radius 1 is 1.10 bits per heavy atom. The summed E-state index contributed by atoms with van der Waals surface area (Å²) in [6.07, 6.45) is 1.72. The smallest absolute Gasteiger partial charge is 0.257 e. The van der Waals surface area contributed by atoms with Gasteiger partial charge in [0.05, 0.1) is 5.02 Å². The predicted molar refractivity (Wildman–Crippen MR) is 112 cm³/mol. The zero-order chi connectivity index (χ0) is 20.3. The lowest BCUT2D eigenvalue weighted by molar-refractivity contribution is 0.0487. The number of benzene rings is 2. The van der Waals surface area contributed by atoms with Crippen LogP contribution in [0.2, 0.25) is 5.02 Å². The van der Waals surface area contributed by atoms with E-state index in [9.17, 15) is 4.79 Å². The van der Waals surface area contributed by atoms with Gasteiger partial charge in [-0.15, -0.1) is 0 Å². The van der Waals surface area contributed by atoms with Gasteiger partial charge in [0, 0.05) is 30.7 Å².